The molecule has 14 heavy (non-hydrogen) atoms. The summed E-state index contributed by atoms with van der Waals surface area (Å²) in [5, 5.41) is 0. The number of carbonyl (C=O) groups excluding carboxylic acids is 1. The highest BCUT2D eigenvalue weighted by Crippen LogP contribution is 2.27. The van der Waals surface area contributed by atoms with E-state index in [2.05, 4.69) is 20.8 Å². The molecule has 0 N–H and O–H groups in total. The minimum atomic E-state index is -0.104. The highest BCUT2D eigenvalue weighted by atomic mass is 16.5. The zero-order valence-electron chi connectivity index (χ0n) is 9.89. The van der Waals surface area contributed by atoms with Crippen molar-refractivity contribution in [1.29, 1.82) is 0 Å². The molecular formula is C11H21NO2. The largest absolute Gasteiger partial charge is 0.375 e. The van der Waals surface area contributed by atoms with Gasteiger partial charge in [0.25, 0.3) is 0 Å². The van der Waals surface area contributed by atoms with Crippen molar-refractivity contribution in [3.63, 3.8) is 0 Å². The van der Waals surface area contributed by atoms with Crippen LogP contribution < -0.4 is 0 Å². The second-order valence-electron chi connectivity index (χ2n) is 5.64. The van der Waals surface area contributed by atoms with E-state index in [0.29, 0.717) is 6.42 Å². The number of hydrogen-bond donors (Lipinski definition) is 0. The molecule has 0 saturated carbocycles. The van der Waals surface area contributed by atoms with Crippen LogP contribution in [0, 0.1) is 5.41 Å². The van der Waals surface area contributed by atoms with Crippen molar-refractivity contribution >= 4 is 5.91 Å². The van der Waals surface area contributed by atoms with Gasteiger partial charge in [0, 0.05) is 13.5 Å². The molecule has 1 aliphatic rings. The Labute approximate surface area is 86.4 Å². The summed E-state index contributed by atoms with van der Waals surface area (Å²) in [5.41, 5.74) is -0.0241. The van der Waals surface area contributed by atoms with Crippen LogP contribution in [0.15, 0.2) is 0 Å². The number of methoxy groups -OCH3 is 1. The van der Waals surface area contributed by atoms with E-state index in [1.54, 1.807) is 7.11 Å². The molecule has 0 aromatic heterocycles. The minimum absolute atomic E-state index is 0.0795. The first-order chi connectivity index (χ1) is 6.26. The van der Waals surface area contributed by atoms with Gasteiger partial charge < -0.3 is 9.64 Å². The van der Waals surface area contributed by atoms with Gasteiger partial charge in [0.2, 0.25) is 5.91 Å². The molecule has 0 unspecified atom stereocenters. The summed E-state index contributed by atoms with van der Waals surface area (Å²) >= 11 is 0. The first-order valence-electron chi connectivity index (χ1n) is 5.09. The van der Waals surface area contributed by atoms with Crippen LogP contribution in [0.3, 0.4) is 0 Å². The number of ether oxygens (including phenoxy) is 1. The maximum Gasteiger partial charge on any atom is 0.223 e. The van der Waals surface area contributed by atoms with Gasteiger partial charge in [-0.1, -0.05) is 20.8 Å². The van der Waals surface area contributed by atoms with E-state index in [1.807, 2.05) is 11.8 Å². The quantitative estimate of drug-likeness (QED) is 0.677. The number of amides is 1. The smallest absolute Gasteiger partial charge is 0.223 e. The number of hydrogen-bond acceptors (Lipinski definition) is 2. The fraction of sp³-hybridized carbons (Fsp3) is 0.909. The Morgan fingerprint density at radius 3 is 2.29 bits per heavy atom. The number of carbonyl (C=O) groups is 1. The number of rotatable bonds is 2. The second kappa shape index (κ2) is 3.54. The highest BCUT2D eigenvalue weighted by molar-refractivity contribution is 5.78. The molecule has 0 aromatic rings. The zero-order chi connectivity index (χ0) is 11.0. The molecule has 1 fully saturated rings. The molecule has 1 heterocycles. The monoisotopic (exact) mass is 199 g/mol. The first-order valence-corrected chi connectivity index (χ1v) is 5.09. The lowest BCUT2D eigenvalue weighted by atomic mass is 9.89. The van der Waals surface area contributed by atoms with Gasteiger partial charge in [-0.2, -0.15) is 0 Å². The van der Waals surface area contributed by atoms with E-state index < -0.39 is 0 Å². The molecule has 1 aliphatic heterocycles. The van der Waals surface area contributed by atoms with E-state index >= 15 is 0 Å². The summed E-state index contributed by atoms with van der Waals surface area (Å²) in [7, 11) is 1.70. The van der Waals surface area contributed by atoms with Crippen LogP contribution in [0.1, 0.15) is 34.1 Å². The maximum atomic E-state index is 11.7. The van der Waals surface area contributed by atoms with Gasteiger partial charge >= 0.3 is 0 Å². The van der Waals surface area contributed by atoms with Gasteiger partial charge in [0.15, 0.2) is 0 Å². The Morgan fingerprint density at radius 2 is 1.93 bits per heavy atom. The molecular weight excluding hydrogens is 178 g/mol. The maximum absolute atomic E-state index is 11.7. The molecule has 82 valence electrons. The average Bonchev–Trinajstić information content (AvgIpc) is 1.95. The SMILES string of the molecule is COC1(C)CN(C(=O)CC(C)(C)C)C1. The van der Waals surface area contributed by atoms with Gasteiger partial charge in [-0.25, -0.2) is 0 Å². The Kier molecular flexibility index (Phi) is 2.91. The van der Waals surface area contributed by atoms with Crippen LogP contribution in [0.2, 0.25) is 0 Å². The average molecular weight is 199 g/mol. The van der Waals surface area contributed by atoms with Crippen LogP contribution in [-0.4, -0.2) is 36.6 Å². The third-order valence-electron chi connectivity index (χ3n) is 2.58. The Bertz CT molecular complexity index is 224. The van der Waals surface area contributed by atoms with Crippen LogP contribution in [0.25, 0.3) is 0 Å². The number of nitrogens with zero attached hydrogens (tertiary/aromatic N) is 1. The Morgan fingerprint density at radius 1 is 1.43 bits per heavy atom. The molecule has 0 atom stereocenters. The minimum Gasteiger partial charge on any atom is -0.375 e. The van der Waals surface area contributed by atoms with Crippen LogP contribution in [0.4, 0.5) is 0 Å². The third-order valence-corrected chi connectivity index (χ3v) is 2.58. The summed E-state index contributed by atoms with van der Waals surface area (Å²) in [6, 6.07) is 0. The standard InChI is InChI=1S/C11H21NO2/c1-10(2,3)6-9(13)12-7-11(4,8-12)14-5/h6-8H2,1-5H3. The molecule has 0 radical (unpaired) electrons. The predicted octanol–water partition coefficient (Wildman–Crippen LogP) is 1.67. The Balaban J connectivity index is 2.37. The zero-order valence-corrected chi connectivity index (χ0v) is 9.89. The fourth-order valence-electron chi connectivity index (χ4n) is 1.63. The van der Waals surface area contributed by atoms with Gasteiger partial charge in [-0.3, -0.25) is 4.79 Å². The normalized spacial score (nSPS) is 20.5. The van der Waals surface area contributed by atoms with E-state index in [-0.39, 0.29) is 16.9 Å². The molecule has 0 spiro atoms. The lowest BCUT2D eigenvalue weighted by Gasteiger charge is -2.47. The van der Waals surface area contributed by atoms with Gasteiger partial charge in [0.05, 0.1) is 18.7 Å². The molecule has 0 bridgehead atoms. The summed E-state index contributed by atoms with van der Waals surface area (Å²) < 4.78 is 5.29. The molecule has 1 amide bonds. The van der Waals surface area contributed by atoms with Gasteiger partial charge in [0.1, 0.15) is 0 Å². The van der Waals surface area contributed by atoms with Crippen molar-refractivity contribution in [2.75, 3.05) is 20.2 Å². The molecule has 0 aliphatic carbocycles. The fourth-order valence-corrected chi connectivity index (χ4v) is 1.63. The summed E-state index contributed by atoms with van der Waals surface area (Å²) in [4.78, 5) is 13.6. The lowest BCUT2D eigenvalue weighted by Crippen LogP contribution is -2.63. The molecule has 3 nitrogen and oxygen atoms in total. The third kappa shape index (κ3) is 2.71. The van der Waals surface area contributed by atoms with E-state index in [0.717, 1.165) is 13.1 Å². The second-order valence-corrected chi connectivity index (χ2v) is 5.64. The summed E-state index contributed by atoms with van der Waals surface area (Å²) in [6.45, 7) is 9.76. The van der Waals surface area contributed by atoms with Crippen LogP contribution >= 0.6 is 0 Å². The predicted molar refractivity (Wildman–Crippen MR) is 56.1 cm³/mol. The molecule has 3 heteroatoms. The summed E-state index contributed by atoms with van der Waals surface area (Å²) in [6.07, 6.45) is 0.618. The van der Waals surface area contributed by atoms with Crippen molar-refractivity contribution in [3.8, 4) is 0 Å². The van der Waals surface area contributed by atoms with Gasteiger partial charge in [-0.05, 0) is 12.3 Å². The first kappa shape index (κ1) is 11.5. The molecule has 1 saturated heterocycles. The van der Waals surface area contributed by atoms with Crippen molar-refractivity contribution < 1.29 is 9.53 Å². The summed E-state index contributed by atoms with van der Waals surface area (Å²) in [5.74, 6) is 0.243. The van der Waals surface area contributed by atoms with Crippen LogP contribution in [0.5, 0.6) is 0 Å². The molecule has 1 rings (SSSR count). The van der Waals surface area contributed by atoms with E-state index in [9.17, 15) is 4.79 Å². The number of likely N-dealkylation sites (tertiary alicyclic amines) is 1. The van der Waals surface area contributed by atoms with Crippen LogP contribution in [-0.2, 0) is 9.53 Å². The van der Waals surface area contributed by atoms with E-state index in [4.69, 9.17) is 4.74 Å². The topological polar surface area (TPSA) is 29.5 Å². The van der Waals surface area contributed by atoms with Crippen molar-refractivity contribution in [2.24, 2.45) is 5.41 Å². The van der Waals surface area contributed by atoms with Gasteiger partial charge in [-0.15, -0.1) is 0 Å². The van der Waals surface area contributed by atoms with Crippen molar-refractivity contribution in [1.82, 2.24) is 4.90 Å². The van der Waals surface area contributed by atoms with E-state index in [1.165, 1.54) is 0 Å². The molecule has 0 aromatic carbocycles. The Hall–Kier alpha value is -0.570. The lowest BCUT2D eigenvalue weighted by molar-refractivity contribution is -0.159. The highest BCUT2D eigenvalue weighted by Gasteiger charge is 2.41. The van der Waals surface area contributed by atoms with Crippen molar-refractivity contribution in [2.45, 2.75) is 39.7 Å². The van der Waals surface area contributed by atoms with Crippen molar-refractivity contribution in [3.05, 3.63) is 0 Å².